The number of halogens is 3. The van der Waals surface area contributed by atoms with Gasteiger partial charge in [0.15, 0.2) is 0 Å². The summed E-state index contributed by atoms with van der Waals surface area (Å²) in [6, 6.07) is 5.16. The molecule has 1 rings (SSSR count). The van der Waals surface area contributed by atoms with Gasteiger partial charge in [-0.2, -0.15) is 18.4 Å². The topological polar surface area (TPSA) is 50.1 Å². The van der Waals surface area contributed by atoms with E-state index in [1.807, 2.05) is 6.07 Å². The van der Waals surface area contributed by atoms with E-state index in [0.29, 0.717) is 12.7 Å². The van der Waals surface area contributed by atoms with Crippen molar-refractivity contribution >= 4 is 6.29 Å². The van der Waals surface area contributed by atoms with Crippen molar-refractivity contribution in [3.8, 4) is 11.8 Å². The number of carbonyl (C=O) groups excluding carboxylic acids is 1. The van der Waals surface area contributed by atoms with Crippen molar-refractivity contribution in [1.29, 1.82) is 5.26 Å². The molecule has 3 nitrogen and oxygen atoms in total. The molecule has 0 amide bonds. The molecule has 1 aromatic rings. The summed E-state index contributed by atoms with van der Waals surface area (Å²) >= 11 is 0. The van der Waals surface area contributed by atoms with Gasteiger partial charge < -0.3 is 4.74 Å². The number of nitriles is 1. The quantitative estimate of drug-likeness (QED) is 0.772. The Kier molecular flexibility index (Phi) is 4.77. The first-order valence-electron chi connectivity index (χ1n) is 5.90. The second kappa shape index (κ2) is 5.95. The Morgan fingerprint density at radius 3 is 2.50 bits per heavy atom. The van der Waals surface area contributed by atoms with Crippen molar-refractivity contribution < 1.29 is 22.7 Å². The van der Waals surface area contributed by atoms with Crippen LogP contribution >= 0.6 is 0 Å². The Labute approximate surface area is 115 Å². The van der Waals surface area contributed by atoms with Crippen LogP contribution in [0, 0.1) is 16.7 Å². The van der Waals surface area contributed by atoms with Crippen molar-refractivity contribution in [3.05, 3.63) is 29.3 Å². The minimum Gasteiger partial charge on any atom is -0.493 e. The molecule has 6 heteroatoms. The van der Waals surface area contributed by atoms with Gasteiger partial charge in [-0.1, -0.05) is 0 Å². The second-order valence-electron chi connectivity index (χ2n) is 4.97. The molecule has 0 atom stereocenters. The highest BCUT2D eigenvalue weighted by Crippen LogP contribution is 2.37. The van der Waals surface area contributed by atoms with Crippen molar-refractivity contribution in [1.82, 2.24) is 0 Å². The number of hydrogen-bond donors (Lipinski definition) is 0. The number of hydrogen-bond acceptors (Lipinski definition) is 3. The van der Waals surface area contributed by atoms with E-state index in [1.165, 1.54) is 6.07 Å². The summed E-state index contributed by atoms with van der Waals surface area (Å²) in [6.07, 6.45) is -3.95. The molecule has 0 bridgehead atoms. The normalized spacial score (nSPS) is 11.8. The van der Waals surface area contributed by atoms with Gasteiger partial charge in [0.05, 0.1) is 23.7 Å². The Bertz CT molecular complexity index is 530. The van der Waals surface area contributed by atoms with E-state index >= 15 is 0 Å². The molecule has 0 unspecified atom stereocenters. The van der Waals surface area contributed by atoms with Crippen LogP contribution in [0.5, 0.6) is 5.75 Å². The maximum atomic E-state index is 12.8. The summed E-state index contributed by atoms with van der Waals surface area (Å²) < 4.78 is 43.6. The van der Waals surface area contributed by atoms with Crippen molar-refractivity contribution in [2.45, 2.75) is 26.4 Å². The van der Waals surface area contributed by atoms with Gasteiger partial charge in [0.2, 0.25) is 0 Å². The fourth-order valence-corrected chi connectivity index (χ4v) is 1.44. The van der Waals surface area contributed by atoms with Crippen LogP contribution in [0.1, 0.15) is 36.2 Å². The molecule has 0 aliphatic heterocycles. The third-order valence-corrected chi connectivity index (χ3v) is 2.73. The summed E-state index contributed by atoms with van der Waals surface area (Å²) in [4.78, 5) is 10.5. The van der Waals surface area contributed by atoms with E-state index in [-0.39, 0.29) is 17.9 Å². The second-order valence-corrected chi connectivity index (χ2v) is 4.97. The van der Waals surface area contributed by atoms with E-state index in [4.69, 9.17) is 10.00 Å². The monoisotopic (exact) mass is 285 g/mol. The minimum atomic E-state index is -4.60. The summed E-state index contributed by atoms with van der Waals surface area (Å²) in [5.74, 6) is -0.336. The molecule has 108 valence electrons. The van der Waals surface area contributed by atoms with Gasteiger partial charge in [0.25, 0.3) is 0 Å². The van der Waals surface area contributed by atoms with Crippen molar-refractivity contribution in [3.63, 3.8) is 0 Å². The Morgan fingerprint density at radius 1 is 1.35 bits per heavy atom. The number of rotatable bonds is 5. The van der Waals surface area contributed by atoms with E-state index in [1.54, 1.807) is 13.8 Å². The molecular weight excluding hydrogens is 271 g/mol. The van der Waals surface area contributed by atoms with Gasteiger partial charge in [-0.05, 0) is 38.5 Å². The standard InChI is InChI=1S/C14H14F3NO2/c1-13(2,9-18)5-6-20-12-4-3-10(8-19)7-11(12)14(15,16)17/h3-4,7-8H,5-6H2,1-2H3. The Hall–Kier alpha value is -2.03. The zero-order valence-electron chi connectivity index (χ0n) is 11.1. The first kappa shape index (κ1) is 16.0. The van der Waals surface area contributed by atoms with Crippen LogP contribution in [-0.4, -0.2) is 12.9 Å². The van der Waals surface area contributed by atoms with Crippen molar-refractivity contribution in [2.24, 2.45) is 5.41 Å². The third kappa shape index (κ3) is 4.26. The van der Waals surface area contributed by atoms with Crippen LogP contribution in [0.25, 0.3) is 0 Å². The number of benzene rings is 1. The van der Waals surface area contributed by atoms with Gasteiger partial charge in [-0.15, -0.1) is 0 Å². The lowest BCUT2D eigenvalue weighted by atomic mass is 9.92. The summed E-state index contributed by atoms with van der Waals surface area (Å²) in [7, 11) is 0. The smallest absolute Gasteiger partial charge is 0.419 e. The van der Waals surface area contributed by atoms with Crippen LogP contribution in [-0.2, 0) is 6.18 Å². The molecule has 0 aliphatic rings. The molecule has 0 N–H and O–H groups in total. The zero-order chi connectivity index (χ0) is 15.4. The number of nitrogens with zero attached hydrogens (tertiary/aromatic N) is 1. The Balaban J connectivity index is 2.90. The van der Waals surface area contributed by atoms with Gasteiger partial charge in [0.1, 0.15) is 12.0 Å². The van der Waals surface area contributed by atoms with E-state index < -0.39 is 17.2 Å². The average Bonchev–Trinajstić information content (AvgIpc) is 2.37. The van der Waals surface area contributed by atoms with Gasteiger partial charge in [0, 0.05) is 5.56 Å². The lowest BCUT2D eigenvalue weighted by molar-refractivity contribution is -0.139. The molecule has 0 spiro atoms. The maximum absolute atomic E-state index is 12.8. The molecular formula is C14H14F3NO2. The highest BCUT2D eigenvalue weighted by Gasteiger charge is 2.34. The molecule has 0 saturated carbocycles. The highest BCUT2D eigenvalue weighted by molar-refractivity contribution is 5.75. The van der Waals surface area contributed by atoms with E-state index in [0.717, 1.165) is 12.1 Å². The minimum absolute atomic E-state index is 0.00985. The molecule has 0 aromatic heterocycles. The predicted octanol–water partition coefficient (Wildman–Crippen LogP) is 3.84. The summed E-state index contributed by atoms with van der Waals surface area (Å²) in [5, 5.41) is 8.82. The van der Waals surface area contributed by atoms with Crippen LogP contribution in [0.4, 0.5) is 13.2 Å². The van der Waals surface area contributed by atoms with Gasteiger partial charge in [-0.25, -0.2) is 0 Å². The summed E-state index contributed by atoms with van der Waals surface area (Å²) in [6.45, 7) is 3.34. The molecule has 0 fully saturated rings. The molecule has 0 radical (unpaired) electrons. The number of ether oxygens (including phenoxy) is 1. The van der Waals surface area contributed by atoms with Gasteiger partial charge >= 0.3 is 6.18 Å². The number of aldehydes is 1. The van der Waals surface area contributed by atoms with Crippen molar-refractivity contribution in [2.75, 3.05) is 6.61 Å². The fraction of sp³-hybridized carbons (Fsp3) is 0.429. The lowest BCUT2D eigenvalue weighted by Crippen LogP contribution is -2.15. The molecule has 20 heavy (non-hydrogen) atoms. The summed E-state index contributed by atoms with van der Waals surface area (Å²) in [5.41, 5.74) is -1.72. The number of carbonyl (C=O) groups is 1. The van der Waals surface area contributed by atoms with Crippen LogP contribution in [0.2, 0.25) is 0 Å². The van der Waals surface area contributed by atoms with Gasteiger partial charge in [-0.3, -0.25) is 4.79 Å². The average molecular weight is 285 g/mol. The third-order valence-electron chi connectivity index (χ3n) is 2.73. The highest BCUT2D eigenvalue weighted by atomic mass is 19.4. The van der Waals surface area contributed by atoms with E-state index in [9.17, 15) is 18.0 Å². The van der Waals surface area contributed by atoms with Crippen LogP contribution in [0.3, 0.4) is 0 Å². The van der Waals surface area contributed by atoms with Crippen LogP contribution in [0.15, 0.2) is 18.2 Å². The lowest BCUT2D eigenvalue weighted by Gasteiger charge is -2.18. The van der Waals surface area contributed by atoms with Crippen LogP contribution < -0.4 is 4.74 Å². The largest absolute Gasteiger partial charge is 0.493 e. The zero-order valence-corrected chi connectivity index (χ0v) is 11.1. The first-order valence-corrected chi connectivity index (χ1v) is 5.90. The molecule has 1 aromatic carbocycles. The Morgan fingerprint density at radius 2 is 2.00 bits per heavy atom. The number of alkyl halides is 3. The molecule has 0 heterocycles. The SMILES string of the molecule is CC(C)(C#N)CCOc1ccc(C=O)cc1C(F)(F)F. The fourth-order valence-electron chi connectivity index (χ4n) is 1.44. The molecule has 0 saturated heterocycles. The van der Waals surface area contributed by atoms with E-state index in [2.05, 4.69) is 0 Å². The predicted molar refractivity (Wildman–Crippen MR) is 66.3 cm³/mol. The molecule has 0 aliphatic carbocycles. The first-order chi connectivity index (χ1) is 9.19. The maximum Gasteiger partial charge on any atom is 0.419 e.